The van der Waals surface area contributed by atoms with Crippen LogP contribution in [0.2, 0.25) is 0 Å². The van der Waals surface area contributed by atoms with E-state index >= 15 is 0 Å². The molecule has 0 saturated heterocycles. The van der Waals surface area contributed by atoms with Gasteiger partial charge in [0.05, 0.1) is 12.7 Å². The Bertz CT molecular complexity index is 279. The summed E-state index contributed by atoms with van der Waals surface area (Å²) >= 11 is 0. The van der Waals surface area contributed by atoms with Gasteiger partial charge in [-0.1, -0.05) is 26.0 Å². The van der Waals surface area contributed by atoms with Gasteiger partial charge in [0.2, 0.25) is 0 Å². The molecule has 0 aromatic heterocycles. The standard InChI is InChI=1S/C14H22O2/c1-4-11-16-13-9-7-12(8-10-13)14(5-2)15-6-3/h7-10,14H,4-6,11H2,1-3H3. The maximum Gasteiger partial charge on any atom is 0.119 e. The third-order valence-corrected chi connectivity index (χ3v) is 2.46. The molecule has 0 spiro atoms. The zero-order valence-electron chi connectivity index (χ0n) is 10.5. The van der Waals surface area contributed by atoms with E-state index in [-0.39, 0.29) is 6.10 Å². The van der Waals surface area contributed by atoms with Gasteiger partial charge in [-0.05, 0) is 37.5 Å². The SMILES string of the molecule is CCCOc1ccc(C(CC)OCC)cc1. The molecule has 0 aliphatic carbocycles. The second-order valence-electron chi connectivity index (χ2n) is 3.77. The van der Waals surface area contributed by atoms with Crippen molar-refractivity contribution in [2.75, 3.05) is 13.2 Å². The Balaban J connectivity index is 2.61. The Hall–Kier alpha value is -1.02. The molecule has 90 valence electrons. The van der Waals surface area contributed by atoms with Crippen molar-refractivity contribution in [3.8, 4) is 5.75 Å². The lowest BCUT2D eigenvalue weighted by atomic mass is 10.1. The molecule has 0 saturated carbocycles. The van der Waals surface area contributed by atoms with Gasteiger partial charge in [0.25, 0.3) is 0 Å². The highest BCUT2D eigenvalue weighted by Gasteiger charge is 2.08. The molecule has 0 aliphatic rings. The number of hydrogen-bond acceptors (Lipinski definition) is 2. The van der Waals surface area contributed by atoms with E-state index < -0.39 is 0 Å². The highest BCUT2D eigenvalue weighted by molar-refractivity contribution is 5.28. The van der Waals surface area contributed by atoms with Crippen LogP contribution >= 0.6 is 0 Å². The lowest BCUT2D eigenvalue weighted by molar-refractivity contribution is 0.0598. The number of benzene rings is 1. The zero-order valence-corrected chi connectivity index (χ0v) is 10.5. The Morgan fingerprint density at radius 2 is 1.75 bits per heavy atom. The fraction of sp³-hybridized carbons (Fsp3) is 0.571. The first-order valence-corrected chi connectivity index (χ1v) is 6.16. The summed E-state index contributed by atoms with van der Waals surface area (Å²) in [6.45, 7) is 7.81. The van der Waals surface area contributed by atoms with Crippen LogP contribution in [0, 0.1) is 0 Å². The van der Waals surface area contributed by atoms with E-state index in [0.29, 0.717) is 0 Å². The summed E-state index contributed by atoms with van der Waals surface area (Å²) < 4.78 is 11.2. The van der Waals surface area contributed by atoms with E-state index in [1.54, 1.807) is 0 Å². The molecule has 1 aromatic rings. The van der Waals surface area contributed by atoms with Crippen molar-refractivity contribution in [3.05, 3.63) is 29.8 Å². The van der Waals surface area contributed by atoms with Crippen LogP contribution in [-0.2, 0) is 4.74 Å². The van der Waals surface area contributed by atoms with Gasteiger partial charge in [-0.25, -0.2) is 0 Å². The molecule has 1 rings (SSSR count). The first-order valence-electron chi connectivity index (χ1n) is 6.16. The third kappa shape index (κ3) is 3.86. The van der Waals surface area contributed by atoms with Crippen LogP contribution in [-0.4, -0.2) is 13.2 Å². The highest BCUT2D eigenvalue weighted by Crippen LogP contribution is 2.23. The molecule has 0 heterocycles. The predicted molar refractivity (Wildman–Crippen MR) is 66.9 cm³/mol. The average molecular weight is 222 g/mol. The molecule has 0 bridgehead atoms. The first-order chi connectivity index (χ1) is 7.81. The van der Waals surface area contributed by atoms with Gasteiger partial charge in [-0.15, -0.1) is 0 Å². The number of hydrogen-bond donors (Lipinski definition) is 0. The highest BCUT2D eigenvalue weighted by atomic mass is 16.5. The summed E-state index contributed by atoms with van der Waals surface area (Å²) in [5, 5.41) is 0. The van der Waals surface area contributed by atoms with Crippen molar-refractivity contribution >= 4 is 0 Å². The smallest absolute Gasteiger partial charge is 0.119 e. The van der Waals surface area contributed by atoms with Crippen LogP contribution in [0.3, 0.4) is 0 Å². The van der Waals surface area contributed by atoms with Crippen LogP contribution in [0.25, 0.3) is 0 Å². The van der Waals surface area contributed by atoms with E-state index in [1.807, 2.05) is 19.1 Å². The summed E-state index contributed by atoms with van der Waals surface area (Å²) in [6.07, 6.45) is 2.26. The molecule has 1 aromatic carbocycles. The minimum atomic E-state index is 0.213. The van der Waals surface area contributed by atoms with Gasteiger partial charge < -0.3 is 9.47 Å². The fourth-order valence-corrected chi connectivity index (χ4v) is 1.65. The van der Waals surface area contributed by atoms with Crippen molar-refractivity contribution in [1.82, 2.24) is 0 Å². The van der Waals surface area contributed by atoms with Crippen molar-refractivity contribution in [3.63, 3.8) is 0 Å². The summed E-state index contributed by atoms with van der Waals surface area (Å²) in [4.78, 5) is 0. The van der Waals surface area contributed by atoms with Crippen LogP contribution < -0.4 is 4.74 Å². The Morgan fingerprint density at radius 1 is 1.06 bits per heavy atom. The maximum atomic E-state index is 5.66. The lowest BCUT2D eigenvalue weighted by Crippen LogP contribution is -2.03. The van der Waals surface area contributed by atoms with E-state index in [1.165, 1.54) is 5.56 Å². The zero-order chi connectivity index (χ0) is 11.8. The molecule has 2 heteroatoms. The predicted octanol–water partition coefficient (Wildman–Crippen LogP) is 3.96. The van der Waals surface area contributed by atoms with Gasteiger partial charge in [-0.2, -0.15) is 0 Å². The Morgan fingerprint density at radius 3 is 2.25 bits per heavy atom. The van der Waals surface area contributed by atoms with Crippen LogP contribution in [0.4, 0.5) is 0 Å². The molecule has 1 unspecified atom stereocenters. The molecule has 0 aliphatic heterocycles. The lowest BCUT2D eigenvalue weighted by Gasteiger charge is -2.15. The molecule has 1 atom stereocenters. The summed E-state index contributed by atoms with van der Waals surface area (Å²) in [5.74, 6) is 0.942. The number of rotatable bonds is 7. The summed E-state index contributed by atoms with van der Waals surface area (Å²) in [6, 6.07) is 8.23. The third-order valence-electron chi connectivity index (χ3n) is 2.46. The van der Waals surface area contributed by atoms with Crippen LogP contribution in [0.5, 0.6) is 5.75 Å². The van der Waals surface area contributed by atoms with Crippen molar-refractivity contribution in [2.24, 2.45) is 0 Å². The molecule has 0 N–H and O–H groups in total. The number of ether oxygens (including phenoxy) is 2. The van der Waals surface area contributed by atoms with Gasteiger partial charge >= 0.3 is 0 Å². The van der Waals surface area contributed by atoms with Gasteiger partial charge in [0.15, 0.2) is 0 Å². The second kappa shape index (κ2) is 7.29. The largest absolute Gasteiger partial charge is 0.494 e. The van der Waals surface area contributed by atoms with E-state index in [9.17, 15) is 0 Å². The molecular formula is C14H22O2. The van der Waals surface area contributed by atoms with Gasteiger partial charge in [-0.3, -0.25) is 0 Å². The summed E-state index contributed by atoms with van der Waals surface area (Å²) in [5.41, 5.74) is 1.23. The van der Waals surface area contributed by atoms with Crippen molar-refractivity contribution < 1.29 is 9.47 Å². The van der Waals surface area contributed by atoms with Crippen LogP contribution in [0.1, 0.15) is 45.3 Å². The molecule has 2 nitrogen and oxygen atoms in total. The van der Waals surface area contributed by atoms with Gasteiger partial charge in [0.1, 0.15) is 5.75 Å². The molecule has 0 radical (unpaired) electrons. The average Bonchev–Trinajstić information content (AvgIpc) is 2.34. The van der Waals surface area contributed by atoms with Gasteiger partial charge in [0, 0.05) is 6.61 Å². The molecular weight excluding hydrogens is 200 g/mol. The topological polar surface area (TPSA) is 18.5 Å². The maximum absolute atomic E-state index is 5.66. The fourth-order valence-electron chi connectivity index (χ4n) is 1.65. The Labute approximate surface area is 98.6 Å². The molecule has 0 amide bonds. The van der Waals surface area contributed by atoms with Crippen molar-refractivity contribution in [2.45, 2.75) is 39.7 Å². The first kappa shape index (κ1) is 13.0. The van der Waals surface area contributed by atoms with E-state index in [4.69, 9.17) is 9.47 Å². The van der Waals surface area contributed by atoms with E-state index in [0.717, 1.165) is 31.8 Å². The molecule has 0 fully saturated rings. The van der Waals surface area contributed by atoms with E-state index in [2.05, 4.69) is 26.0 Å². The monoisotopic (exact) mass is 222 g/mol. The molecule has 16 heavy (non-hydrogen) atoms. The minimum absolute atomic E-state index is 0.213. The quantitative estimate of drug-likeness (QED) is 0.695. The second-order valence-corrected chi connectivity index (χ2v) is 3.77. The normalized spacial score (nSPS) is 12.4. The summed E-state index contributed by atoms with van der Waals surface area (Å²) in [7, 11) is 0. The van der Waals surface area contributed by atoms with Crippen LogP contribution in [0.15, 0.2) is 24.3 Å². The minimum Gasteiger partial charge on any atom is -0.494 e. The Kier molecular flexibility index (Phi) is 5.94. The van der Waals surface area contributed by atoms with Crippen molar-refractivity contribution in [1.29, 1.82) is 0 Å².